The van der Waals surface area contributed by atoms with E-state index in [0.717, 1.165) is 51.9 Å². The van der Waals surface area contributed by atoms with Crippen molar-refractivity contribution in [1.29, 1.82) is 0 Å². The molecule has 3 aliphatic rings. The highest BCUT2D eigenvalue weighted by Gasteiger charge is 2.44. The number of ether oxygens (including phenoxy) is 3. The molecule has 0 aromatic rings. The van der Waals surface area contributed by atoms with Gasteiger partial charge >= 0.3 is 0 Å². The average molecular weight is 333 g/mol. The maximum Gasteiger partial charge on any atom is 0.211 e. The Hall–Kier alpha value is -0.210. The van der Waals surface area contributed by atoms with E-state index in [1.54, 1.807) is 4.31 Å². The van der Waals surface area contributed by atoms with Gasteiger partial charge in [-0.25, -0.2) is 12.7 Å². The van der Waals surface area contributed by atoms with Crippen molar-refractivity contribution in [3.8, 4) is 0 Å². The molecular weight excluding hydrogens is 306 g/mol. The zero-order valence-electron chi connectivity index (χ0n) is 13.3. The molecule has 22 heavy (non-hydrogen) atoms. The van der Waals surface area contributed by atoms with E-state index in [1.807, 2.05) is 0 Å². The van der Waals surface area contributed by atoms with Gasteiger partial charge in [-0.1, -0.05) is 0 Å². The number of rotatable bonds is 4. The van der Waals surface area contributed by atoms with Gasteiger partial charge in [-0.2, -0.15) is 0 Å². The lowest BCUT2D eigenvalue weighted by atomic mass is 9.89. The van der Waals surface area contributed by atoms with Crippen molar-refractivity contribution < 1.29 is 22.6 Å². The molecule has 0 aromatic heterocycles. The number of piperidine rings is 1. The Morgan fingerprint density at radius 2 is 1.91 bits per heavy atom. The van der Waals surface area contributed by atoms with E-state index in [2.05, 4.69) is 0 Å². The predicted octanol–water partition coefficient (Wildman–Crippen LogP) is 1.01. The quantitative estimate of drug-likeness (QED) is 0.768. The standard InChI is InChI=1S/C15H27NO5S/c1-22(17,18)16-6-4-15(5-7-16)10-14(12-21-15)20-11-13-2-8-19-9-3-13/h13-14H,2-12H2,1H3/t14-/m1/s1. The van der Waals surface area contributed by atoms with Crippen LogP contribution in [0.2, 0.25) is 0 Å². The fourth-order valence-electron chi connectivity index (χ4n) is 3.67. The normalized spacial score (nSPS) is 30.9. The molecule has 0 N–H and O–H groups in total. The molecular formula is C15H27NO5S. The molecule has 0 bridgehead atoms. The van der Waals surface area contributed by atoms with Gasteiger partial charge in [0.25, 0.3) is 0 Å². The third-order valence-electron chi connectivity index (χ3n) is 5.19. The van der Waals surface area contributed by atoms with Gasteiger partial charge in [-0.15, -0.1) is 0 Å². The lowest BCUT2D eigenvalue weighted by molar-refractivity contribution is -0.0368. The van der Waals surface area contributed by atoms with E-state index in [-0.39, 0.29) is 11.7 Å². The molecule has 0 aliphatic carbocycles. The van der Waals surface area contributed by atoms with Gasteiger partial charge < -0.3 is 14.2 Å². The van der Waals surface area contributed by atoms with Crippen LogP contribution in [0.15, 0.2) is 0 Å². The van der Waals surface area contributed by atoms with Gasteiger partial charge in [0, 0.05) is 32.7 Å². The van der Waals surface area contributed by atoms with Crippen molar-refractivity contribution in [1.82, 2.24) is 4.31 Å². The zero-order chi connectivity index (χ0) is 15.6. The minimum absolute atomic E-state index is 0.160. The second kappa shape index (κ2) is 6.73. The van der Waals surface area contributed by atoms with E-state index in [0.29, 0.717) is 25.6 Å². The summed E-state index contributed by atoms with van der Waals surface area (Å²) in [6.07, 6.45) is 6.06. The monoisotopic (exact) mass is 333 g/mol. The van der Waals surface area contributed by atoms with Crippen LogP contribution in [0.5, 0.6) is 0 Å². The summed E-state index contributed by atoms with van der Waals surface area (Å²) in [5.74, 6) is 0.609. The van der Waals surface area contributed by atoms with Gasteiger partial charge in [-0.3, -0.25) is 0 Å². The number of nitrogens with zero attached hydrogens (tertiary/aromatic N) is 1. The first-order valence-corrected chi connectivity index (χ1v) is 10.1. The summed E-state index contributed by atoms with van der Waals surface area (Å²) in [5.41, 5.74) is -0.165. The average Bonchev–Trinajstić information content (AvgIpc) is 2.89. The molecule has 0 saturated carbocycles. The van der Waals surface area contributed by atoms with Crippen LogP contribution in [0.25, 0.3) is 0 Å². The van der Waals surface area contributed by atoms with Crippen LogP contribution in [-0.4, -0.2) is 70.2 Å². The minimum Gasteiger partial charge on any atom is -0.381 e. The number of sulfonamides is 1. The van der Waals surface area contributed by atoms with Crippen molar-refractivity contribution in [3.63, 3.8) is 0 Å². The lowest BCUT2D eigenvalue weighted by Crippen LogP contribution is -2.46. The second-order valence-electron chi connectivity index (χ2n) is 6.87. The fraction of sp³-hybridized carbons (Fsp3) is 1.00. The summed E-state index contributed by atoms with van der Waals surface area (Å²) in [7, 11) is -3.08. The van der Waals surface area contributed by atoms with Gasteiger partial charge in [-0.05, 0) is 31.6 Å². The summed E-state index contributed by atoms with van der Waals surface area (Å²) in [6, 6.07) is 0. The summed E-state index contributed by atoms with van der Waals surface area (Å²) in [6.45, 7) is 4.25. The first-order valence-electron chi connectivity index (χ1n) is 8.25. The Kier molecular flexibility index (Phi) is 5.09. The third-order valence-corrected chi connectivity index (χ3v) is 6.49. The van der Waals surface area contributed by atoms with Crippen LogP contribution in [0.4, 0.5) is 0 Å². The van der Waals surface area contributed by atoms with E-state index >= 15 is 0 Å². The van der Waals surface area contributed by atoms with Crippen LogP contribution >= 0.6 is 0 Å². The van der Waals surface area contributed by atoms with E-state index in [1.165, 1.54) is 6.26 Å². The van der Waals surface area contributed by atoms with Crippen molar-refractivity contribution >= 4 is 10.0 Å². The van der Waals surface area contributed by atoms with Crippen molar-refractivity contribution in [2.75, 3.05) is 45.8 Å². The summed E-state index contributed by atoms with van der Waals surface area (Å²) in [5, 5.41) is 0. The lowest BCUT2D eigenvalue weighted by Gasteiger charge is -2.37. The predicted molar refractivity (Wildman–Crippen MR) is 82.2 cm³/mol. The van der Waals surface area contributed by atoms with Crippen LogP contribution in [-0.2, 0) is 24.2 Å². The summed E-state index contributed by atoms with van der Waals surface area (Å²) >= 11 is 0. The molecule has 3 aliphatic heterocycles. The molecule has 1 atom stereocenters. The minimum atomic E-state index is -3.08. The first-order chi connectivity index (χ1) is 10.5. The number of hydrogen-bond acceptors (Lipinski definition) is 5. The van der Waals surface area contributed by atoms with Crippen molar-refractivity contribution in [2.24, 2.45) is 5.92 Å². The first kappa shape index (κ1) is 16.6. The number of hydrogen-bond donors (Lipinski definition) is 0. The molecule has 3 heterocycles. The maximum absolute atomic E-state index is 11.6. The molecule has 128 valence electrons. The third kappa shape index (κ3) is 4.00. The SMILES string of the molecule is CS(=O)(=O)N1CCC2(CC1)C[C@@H](OCC1CCOCC1)CO2. The van der Waals surface area contributed by atoms with Gasteiger partial charge in [0.2, 0.25) is 10.0 Å². The summed E-state index contributed by atoms with van der Waals surface area (Å²) < 4.78 is 42.2. The Morgan fingerprint density at radius 1 is 1.23 bits per heavy atom. The van der Waals surface area contributed by atoms with E-state index < -0.39 is 10.0 Å². The van der Waals surface area contributed by atoms with Crippen molar-refractivity contribution in [3.05, 3.63) is 0 Å². The fourth-order valence-corrected chi connectivity index (χ4v) is 4.51. The zero-order valence-corrected chi connectivity index (χ0v) is 14.1. The highest BCUT2D eigenvalue weighted by Crippen LogP contribution is 2.37. The van der Waals surface area contributed by atoms with Crippen LogP contribution < -0.4 is 0 Å². The Morgan fingerprint density at radius 3 is 2.55 bits per heavy atom. The van der Waals surface area contributed by atoms with Gasteiger partial charge in [0.1, 0.15) is 0 Å². The van der Waals surface area contributed by atoms with Crippen LogP contribution in [0.1, 0.15) is 32.1 Å². The van der Waals surface area contributed by atoms with Gasteiger partial charge in [0.15, 0.2) is 0 Å². The topological polar surface area (TPSA) is 65.1 Å². The second-order valence-corrected chi connectivity index (χ2v) is 8.85. The smallest absolute Gasteiger partial charge is 0.211 e. The largest absolute Gasteiger partial charge is 0.381 e. The van der Waals surface area contributed by atoms with Crippen molar-refractivity contribution in [2.45, 2.75) is 43.8 Å². The molecule has 6 nitrogen and oxygen atoms in total. The van der Waals surface area contributed by atoms with E-state index in [4.69, 9.17) is 14.2 Å². The Labute approximate surface area is 133 Å². The molecule has 0 aromatic carbocycles. The van der Waals surface area contributed by atoms with Gasteiger partial charge in [0.05, 0.1) is 31.2 Å². The highest BCUT2D eigenvalue weighted by molar-refractivity contribution is 7.88. The summed E-state index contributed by atoms with van der Waals surface area (Å²) in [4.78, 5) is 0. The highest BCUT2D eigenvalue weighted by atomic mass is 32.2. The molecule has 3 fully saturated rings. The van der Waals surface area contributed by atoms with Crippen LogP contribution in [0, 0.1) is 5.92 Å². The molecule has 0 amide bonds. The Bertz CT molecular complexity index is 466. The van der Waals surface area contributed by atoms with Crippen LogP contribution in [0.3, 0.4) is 0 Å². The molecule has 0 radical (unpaired) electrons. The molecule has 0 unspecified atom stereocenters. The maximum atomic E-state index is 11.6. The molecule has 1 spiro atoms. The molecule has 7 heteroatoms. The Balaban J connectivity index is 1.44. The molecule has 3 rings (SSSR count). The molecule has 3 saturated heterocycles. The van der Waals surface area contributed by atoms with E-state index in [9.17, 15) is 8.42 Å².